The average Bonchev–Trinajstić information content (AvgIpc) is 2.56. The third-order valence-corrected chi connectivity index (χ3v) is 3.75. The molecule has 0 aromatic carbocycles. The Hall–Kier alpha value is -1.29. The van der Waals surface area contributed by atoms with Crippen molar-refractivity contribution in [2.75, 3.05) is 6.54 Å². The number of furan rings is 1. The van der Waals surface area contributed by atoms with E-state index in [1.165, 1.54) is 25.7 Å². The fraction of sp³-hybridized carbons (Fsp3) is 0.643. The first kappa shape index (κ1) is 13.1. The van der Waals surface area contributed by atoms with Crippen molar-refractivity contribution in [1.82, 2.24) is 4.90 Å². The second-order valence-corrected chi connectivity index (χ2v) is 5.16. The molecule has 0 radical (unpaired) electrons. The van der Waals surface area contributed by atoms with Gasteiger partial charge in [-0.3, -0.25) is 4.90 Å². The molecule has 0 amide bonds. The maximum Gasteiger partial charge on any atom is 0.339 e. The van der Waals surface area contributed by atoms with Crippen LogP contribution in [0.5, 0.6) is 0 Å². The molecule has 1 aliphatic rings. The lowest BCUT2D eigenvalue weighted by Crippen LogP contribution is -2.31. The monoisotopic (exact) mass is 251 g/mol. The lowest BCUT2D eigenvalue weighted by molar-refractivity contribution is 0.0695. The fourth-order valence-corrected chi connectivity index (χ4v) is 2.60. The largest absolute Gasteiger partial charge is 0.478 e. The van der Waals surface area contributed by atoms with Gasteiger partial charge in [-0.05, 0) is 39.3 Å². The van der Waals surface area contributed by atoms with Gasteiger partial charge in [0.25, 0.3) is 0 Å². The first-order valence-corrected chi connectivity index (χ1v) is 6.64. The third kappa shape index (κ3) is 2.93. The van der Waals surface area contributed by atoms with E-state index in [9.17, 15) is 4.79 Å². The van der Waals surface area contributed by atoms with Gasteiger partial charge < -0.3 is 9.52 Å². The van der Waals surface area contributed by atoms with Crippen LogP contribution in [0, 0.1) is 6.92 Å². The third-order valence-electron chi connectivity index (χ3n) is 3.75. The van der Waals surface area contributed by atoms with Crippen LogP contribution in [-0.4, -0.2) is 28.6 Å². The van der Waals surface area contributed by atoms with Crippen molar-refractivity contribution < 1.29 is 14.3 Å². The molecule has 1 N–H and O–H groups in total. The van der Waals surface area contributed by atoms with Crippen LogP contribution in [-0.2, 0) is 6.54 Å². The smallest absolute Gasteiger partial charge is 0.339 e. The highest BCUT2D eigenvalue weighted by molar-refractivity contribution is 5.88. The summed E-state index contributed by atoms with van der Waals surface area (Å²) in [6.07, 6.45) is 5.01. The molecule has 0 aliphatic carbocycles. The summed E-state index contributed by atoms with van der Waals surface area (Å²) in [5.41, 5.74) is 0.285. The van der Waals surface area contributed by atoms with Crippen LogP contribution in [0.4, 0.5) is 0 Å². The molecule has 1 saturated heterocycles. The van der Waals surface area contributed by atoms with Crippen LogP contribution >= 0.6 is 0 Å². The van der Waals surface area contributed by atoms with Gasteiger partial charge in [0.2, 0.25) is 0 Å². The Labute approximate surface area is 108 Å². The van der Waals surface area contributed by atoms with E-state index < -0.39 is 5.97 Å². The van der Waals surface area contributed by atoms with E-state index in [0.717, 1.165) is 18.8 Å². The summed E-state index contributed by atoms with van der Waals surface area (Å²) < 4.78 is 5.55. The Balaban J connectivity index is 2.08. The van der Waals surface area contributed by atoms with E-state index in [1.807, 2.05) is 0 Å². The summed E-state index contributed by atoms with van der Waals surface area (Å²) in [5, 5.41) is 9.01. The molecule has 2 heterocycles. The molecule has 1 atom stereocenters. The molecule has 18 heavy (non-hydrogen) atoms. The first-order chi connectivity index (χ1) is 8.58. The number of aromatic carboxylic acids is 1. The molecule has 100 valence electrons. The zero-order valence-corrected chi connectivity index (χ0v) is 11.1. The molecule has 2 rings (SSSR count). The molecule has 1 aromatic heterocycles. The van der Waals surface area contributed by atoms with Crippen LogP contribution in [0.2, 0.25) is 0 Å². The van der Waals surface area contributed by atoms with E-state index >= 15 is 0 Å². The quantitative estimate of drug-likeness (QED) is 0.897. The Morgan fingerprint density at radius 2 is 2.28 bits per heavy atom. The minimum Gasteiger partial charge on any atom is -0.478 e. The highest BCUT2D eigenvalue weighted by Crippen LogP contribution is 2.21. The predicted octanol–water partition coefficient (Wildman–Crippen LogP) is 3.05. The van der Waals surface area contributed by atoms with Gasteiger partial charge in [-0.15, -0.1) is 0 Å². The molecule has 0 saturated carbocycles. The van der Waals surface area contributed by atoms with E-state index in [4.69, 9.17) is 9.52 Å². The van der Waals surface area contributed by atoms with E-state index in [-0.39, 0.29) is 5.56 Å². The Bertz CT molecular complexity index is 425. The number of aryl methyl sites for hydroxylation is 1. The minimum absolute atomic E-state index is 0.285. The maximum atomic E-state index is 11.0. The summed E-state index contributed by atoms with van der Waals surface area (Å²) in [6.45, 7) is 5.73. The van der Waals surface area contributed by atoms with Gasteiger partial charge in [-0.2, -0.15) is 0 Å². The summed E-state index contributed by atoms with van der Waals surface area (Å²) in [7, 11) is 0. The van der Waals surface area contributed by atoms with Gasteiger partial charge in [-0.1, -0.05) is 12.8 Å². The number of hydrogen-bond donors (Lipinski definition) is 1. The standard InChI is InChI=1S/C14H21NO3/c1-10-6-4-3-5-7-15(10)9-12-8-13(14(16)17)11(2)18-12/h8,10H,3-7,9H2,1-2H3,(H,16,17). The summed E-state index contributed by atoms with van der Waals surface area (Å²) in [5.74, 6) is 0.352. The van der Waals surface area contributed by atoms with Crippen molar-refractivity contribution in [3.8, 4) is 0 Å². The molecule has 4 nitrogen and oxygen atoms in total. The molecule has 4 heteroatoms. The number of carboxylic acid groups (broad SMARTS) is 1. The van der Waals surface area contributed by atoms with Crippen molar-refractivity contribution in [3.05, 3.63) is 23.2 Å². The maximum absolute atomic E-state index is 11.0. The van der Waals surface area contributed by atoms with Crippen molar-refractivity contribution in [3.63, 3.8) is 0 Å². The van der Waals surface area contributed by atoms with Gasteiger partial charge in [-0.25, -0.2) is 4.79 Å². The van der Waals surface area contributed by atoms with Gasteiger partial charge in [0.05, 0.1) is 6.54 Å². The molecule has 1 aliphatic heterocycles. The summed E-state index contributed by atoms with van der Waals surface area (Å²) >= 11 is 0. The van der Waals surface area contributed by atoms with E-state index in [1.54, 1.807) is 13.0 Å². The number of hydrogen-bond acceptors (Lipinski definition) is 3. The van der Waals surface area contributed by atoms with Crippen molar-refractivity contribution in [1.29, 1.82) is 0 Å². The number of likely N-dealkylation sites (tertiary alicyclic amines) is 1. The molecule has 0 spiro atoms. The SMILES string of the molecule is Cc1oc(CN2CCCCCC2C)cc1C(=O)O. The van der Waals surface area contributed by atoms with Crippen LogP contribution in [0.1, 0.15) is 54.5 Å². The van der Waals surface area contributed by atoms with Crippen LogP contribution in [0.3, 0.4) is 0 Å². The number of carbonyl (C=O) groups is 1. The predicted molar refractivity (Wildman–Crippen MR) is 68.7 cm³/mol. The first-order valence-electron chi connectivity index (χ1n) is 6.64. The number of nitrogens with zero attached hydrogens (tertiary/aromatic N) is 1. The van der Waals surface area contributed by atoms with Crippen LogP contribution < -0.4 is 0 Å². The van der Waals surface area contributed by atoms with E-state index in [0.29, 0.717) is 11.8 Å². The fourth-order valence-electron chi connectivity index (χ4n) is 2.60. The Morgan fingerprint density at radius 3 is 2.94 bits per heavy atom. The molecule has 0 bridgehead atoms. The van der Waals surface area contributed by atoms with Crippen molar-refractivity contribution in [2.45, 2.75) is 52.1 Å². The highest BCUT2D eigenvalue weighted by atomic mass is 16.4. The molecule has 1 unspecified atom stereocenters. The van der Waals surface area contributed by atoms with Crippen molar-refractivity contribution in [2.24, 2.45) is 0 Å². The second kappa shape index (κ2) is 5.57. The van der Waals surface area contributed by atoms with E-state index in [2.05, 4.69) is 11.8 Å². The molecule has 1 fully saturated rings. The van der Waals surface area contributed by atoms with Crippen molar-refractivity contribution >= 4 is 5.97 Å². The molecular formula is C14H21NO3. The normalized spacial score (nSPS) is 21.8. The Kier molecular flexibility index (Phi) is 4.07. The lowest BCUT2D eigenvalue weighted by Gasteiger charge is -2.25. The number of carboxylic acids is 1. The number of rotatable bonds is 3. The Morgan fingerprint density at radius 1 is 1.50 bits per heavy atom. The summed E-state index contributed by atoms with van der Waals surface area (Å²) in [4.78, 5) is 13.4. The minimum atomic E-state index is -0.911. The summed E-state index contributed by atoms with van der Waals surface area (Å²) in [6, 6.07) is 2.21. The van der Waals surface area contributed by atoms with Gasteiger partial charge in [0.15, 0.2) is 0 Å². The van der Waals surface area contributed by atoms with Gasteiger partial charge >= 0.3 is 5.97 Å². The second-order valence-electron chi connectivity index (χ2n) is 5.16. The van der Waals surface area contributed by atoms with Gasteiger partial charge in [0.1, 0.15) is 17.1 Å². The zero-order chi connectivity index (χ0) is 13.1. The van der Waals surface area contributed by atoms with Gasteiger partial charge in [0, 0.05) is 6.04 Å². The highest BCUT2D eigenvalue weighted by Gasteiger charge is 2.20. The lowest BCUT2D eigenvalue weighted by atomic mass is 10.1. The van der Waals surface area contributed by atoms with Crippen LogP contribution in [0.15, 0.2) is 10.5 Å². The average molecular weight is 251 g/mol. The zero-order valence-electron chi connectivity index (χ0n) is 11.1. The van der Waals surface area contributed by atoms with Crippen LogP contribution in [0.25, 0.3) is 0 Å². The molecule has 1 aromatic rings. The molecular weight excluding hydrogens is 230 g/mol. The topological polar surface area (TPSA) is 53.7 Å².